The van der Waals surface area contributed by atoms with Crippen molar-refractivity contribution < 1.29 is 18.7 Å². The summed E-state index contributed by atoms with van der Waals surface area (Å²) in [4.78, 5) is 23.0. The Hall–Kier alpha value is -3.48. The first-order valence-corrected chi connectivity index (χ1v) is 9.48. The Kier molecular flexibility index (Phi) is 4.35. The lowest BCUT2D eigenvalue weighted by Crippen LogP contribution is -2.36. The second-order valence-electron chi connectivity index (χ2n) is 7.11. The SMILES string of the molecule is O=C(C1c2ccccc2Oc2ccccc21)N1CC[C@H](Oc2ncc(F)cn2)C1. The van der Waals surface area contributed by atoms with Gasteiger partial charge in [0.1, 0.15) is 17.6 Å². The molecule has 0 N–H and O–H groups in total. The standard InChI is InChI=1S/C22H18FN3O3/c23-14-11-24-22(25-12-14)28-15-9-10-26(13-15)21(27)20-16-5-1-3-7-18(16)29-19-8-4-2-6-17(19)20/h1-8,11-12,15,20H,9-10,13H2/t15-/m0/s1. The van der Waals surface area contributed by atoms with Crippen molar-refractivity contribution in [1.29, 1.82) is 0 Å². The molecule has 0 radical (unpaired) electrons. The number of fused-ring (bicyclic) bond motifs is 2. The molecule has 3 heterocycles. The van der Waals surface area contributed by atoms with E-state index in [1.165, 1.54) is 0 Å². The number of hydrogen-bond acceptors (Lipinski definition) is 5. The minimum atomic E-state index is -0.516. The molecule has 0 aliphatic carbocycles. The first-order valence-electron chi connectivity index (χ1n) is 9.48. The Morgan fingerprint density at radius 2 is 1.66 bits per heavy atom. The molecule has 29 heavy (non-hydrogen) atoms. The van der Waals surface area contributed by atoms with Gasteiger partial charge in [-0.05, 0) is 12.1 Å². The van der Waals surface area contributed by atoms with Crippen LogP contribution in [0.1, 0.15) is 23.5 Å². The van der Waals surface area contributed by atoms with Gasteiger partial charge >= 0.3 is 6.01 Å². The van der Waals surface area contributed by atoms with E-state index in [0.29, 0.717) is 31.0 Å². The van der Waals surface area contributed by atoms with E-state index in [1.807, 2.05) is 48.5 Å². The number of likely N-dealkylation sites (tertiary alicyclic amines) is 1. The van der Waals surface area contributed by atoms with Crippen molar-refractivity contribution in [2.45, 2.75) is 18.4 Å². The zero-order valence-electron chi connectivity index (χ0n) is 15.5. The van der Waals surface area contributed by atoms with Gasteiger partial charge in [-0.3, -0.25) is 4.79 Å². The molecule has 1 atom stereocenters. The second kappa shape index (κ2) is 7.16. The number of aromatic nitrogens is 2. The summed E-state index contributed by atoms with van der Waals surface area (Å²) in [6.07, 6.45) is 2.57. The van der Waals surface area contributed by atoms with Gasteiger partial charge in [-0.25, -0.2) is 14.4 Å². The summed E-state index contributed by atoms with van der Waals surface area (Å²) in [6, 6.07) is 15.4. The summed E-state index contributed by atoms with van der Waals surface area (Å²) in [6.45, 7) is 1.01. The van der Waals surface area contributed by atoms with Crippen molar-refractivity contribution in [3.8, 4) is 17.5 Å². The quantitative estimate of drug-likeness (QED) is 0.683. The molecule has 146 valence electrons. The van der Waals surface area contributed by atoms with Gasteiger partial charge in [-0.2, -0.15) is 0 Å². The van der Waals surface area contributed by atoms with Crippen LogP contribution in [0.2, 0.25) is 0 Å². The molecule has 7 heteroatoms. The van der Waals surface area contributed by atoms with Gasteiger partial charge in [0, 0.05) is 24.1 Å². The predicted octanol–water partition coefficient (Wildman–Crippen LogP) is 3.53. The maximum atomic E-state index is 13.5. The molecular formula is C22H18FN3O3. The molecule has 1 fully saturated rings. The number of carbonyl (C=O) groups is 1. The van der Waals surface area contributed by atoms with Crippen LogP contribution in [-0.4, -0.2) is 40.0 Å². The normalized spacial score (nSPS) is 18.0. The molecule has 1 saturated heterocycles. The summed E-state index contributed by atoms with van der Waals surface area (Å²) in [5, 5.41) is 0. The van der Waals surface area contributed by atoms with Crippen molar-refractivity contribution in [3.05, 3.63) is 77.9 Å². The van der Waals surface area contributed by atoms with E-state index >= 15 is 0 Å². The Labute approximate surface area is 166 Å². The van der Waals surface area contributed by atoms with E-state index in [1.54, 1.807) is 4.90 Å². The highest BCUT2D eigenvalue weighted by atomic mass is 19.1. The number of rotatable bonds is 3. The highest BCUT2D eigenvalue weighted by Gasteiger charge is 2.38. The van der Waals surface area contributed by atoms with Crippen molar-refractivity contribution >= 4 is 5.91 Å². The van der Waals surface area contributed by atoms with Gasteiger partial charge < -0.3 is 14.4 Å². The number of ether oxygens (including phenoxy) is 2. The fourth-order valence-corrected chi connectivity index (χ4v) is 3.89. The van der Waals surface area contributed by atoms with Gasteiger partial charge in [0.2, 0.25) is 5.91 Å². The fourth-order valence-electron chi connectivity index (χ4n) is 3.89. The highest BCUT2D eigenvalue weighted by Crippen LogP contribution is 2.44. The fraction of sp³-hybridized carbons (Fsp3) is 0.227. The molecule has 1 amide bonds. The molecule has 6 nitrogen and oxygen atoms in total. The Balaban J connectivity index is 1.38. The van der Waals surface area contributed by atoms with Crippen molar-refractivity contribution in [1.82, 2.24) is 14.9 Å². The molecule has 2 aliphatic rings. The third-order valence-corrected chi connectivity index (χ3v) is 5.25. The summed E-state index contributed by atoms with van der Waals surface area (Å²) in [5.74, 6) is 0.487. The van der Waals surface area contributed by atoms with Crippen LogP contribution in [0.5, 0.6) is 17.5 Å². The second-order valence-corrected chi connectivity index (χ2v) is 7.11. The first-order chi connectivity index (χ1) is 14.2. The summed E-state index contributed by atoms with van der Waals surface area (Å²) in [5.41, 5.74) is 1.73. The third-order valence-electron chi connectivity index (χ3n) is 5.25. The monoisotopic (exact) mass is 391 g/mol. The first kappa shape index (κ1) is 17.6. The molecule has 0 unspecified atom stereocenters. The number of carbonyl (C=O) groups excluding carboxylic acids is 1. The average molecular weight is 391 g/mol. The van der Waals surface area contributed by atoms with E-state index < -0.39 is 11.7 Å². The van der Waals surface area contributed by atoms with Gasteiger partial charge in [0.15, 0.2) is 5.82 Å². The molecule has 2 aromatic carbocycles. The number of para-hydroxylation sites is 2. The lowest BCUT2D eigenvalue weighted by atomic mass is 9.87. The highest BCUT2D eigenvalue weighted by molar-refractivity contribution is 5.90. The Morgan fingerprint density at radius 1 is 1.03 bits per heavy atom. The third kappa shape index (κ3) is 3.29. The summed E-state index contributed by atoms with van der Waals surface area (Å²) >= 11 is 0. The molecule has 0 bridgehead atoms. The molecular weight excluding hydrogens is 373 g/mol. The zero-order valence-corrected chi connectivity index (χ0v) is 15.5. The van der Waals surface area contributed by atoms with Crippen LogP contribution in [0.4, 0.5) is 4.39 Å². The van der Waals surface area contributed by atoms with Gasteiger partial charge in [0.25, 0.3) is 0 Å². The number of nitrogens with zero attached hydrogens (tertiary/aromatic N) is 3. The van der Waals surface area contributed by atoms with Crippen LogP contribution < -0.4 is 9.47 Å². The molecule has 2 aliphatic heterocycles. The average Bonchev–Trinajstić information content (AvgIpc) is 3.22. The predicted molar refractivity (Wildman–Crippen MR) is 102 cm³/mol. The van der Waals surface area contributed by atoms with Gasteiger partial charge in [-0.1, -0.05) is 36.4 Å². The lowest BCUT2D eigenvalue weighted by molar-refractivity contribution is -0.131. The molecule has 5 rings (SSSR count). The van der Waals surface area contributed by atoms with Gasteiger partial charge in [-0.15, -0.1) is 0 Å². The maximum absolute atomic E-state index is 13.5. The van der Waals surface area contributed by atoms with Crippen LogP contribution in [0, 0.1) is 5.82 Å². The summed E-state index contributed by atoms with van der Waals surface area (Å²) in [7, 11) is 0. The molecule has 1 aromatic heterocycles. The van der Waals surface area contributed by atoms with E-state index in [4.69, 9.17) is 9.47 Å². The van der Waals surface area contributed by atoms with E-state index in [0.717, 1.165) is 23.5 Å². The maximum Gasteiger partial charge on any atom is 0.316 e. The minimum Gasteiger partial charge on any atom is -0.458 e. The van der Waals surface area contributed by atoms with Crippen molar-refractivity contribution in [2.24, 2.45) is 0 Å². The molecule has 0 spiro atoms. The number of halogens is 1. The van der Waals surface area contributed by atoms with E-state index in [9.17, 15) is 9.18 Å². The van der Waals surface area contributed by atoms with Crippen molar-refractivity contribution in [2.75, 3.05) is 13.1 Å². The smallest absolute Gasteiger partial charge is 0.316 e. The number of hydrogen-bond donors (Lipinski definition) is 0. The Bertz CT molecular complexity index is 1010. The molecule has 3 aromatic rings. The topological polar surface area (TPSA) is 64.5 Å². The van der Waals surface area contributed by atoms with Crippen LogP contribution in [-0.2, 0) is 4.79 Å². The number of benzene rings is 2. The van der Waals surface area contributed by atoms with Gasteiger partial charge in [0.05, 0.1) is 24.9 Å². The zero-order chi connectivity index (χ0) is 19.8. The van der Waals surface area contributed by atoms with Crippen LogP contribution in [0.15, 0.2) is 60.9 Å². The summed E-state index contributed by atoms with van der Waals surface area (Å²) < 4.78 is 24.7. The molecule has 0 saturated carbocycles. The minimum absolute atomic E-state index is 0.0133. The van der Waals surface area contributed by atoms with Crippen LogP contribution in [0.25, 0.3) is 0 Å². The van der Waals surface area contributed by atoms with Crippen LogP contribution >= 0.6 is 0 Å². The van der Waals surface area contributed by atoms with E-state index in [2.05, 4.69) is 9.97 Å². The number of amides is 1. The van der Waals surface area contributed by atoms with E-state index in [-0.39, 0.29) is 18.0 Å². The lowest BCUT2D eigenvalue weighted by Gasteiger charge is -2.30. The van der Waals surface area contributed by atoms with Crippen molar-refractivity contribution in [3.63, 3.8) is 0 Å². The Morgan fingerprint density at radius 3 is 2.31 bits per heavy atom. The van der Waals surface area contributed by atoms with Crippen LogP contribution in [0.3, 0.4) is 0 Å². The largest absolute Gasteiger partial charge is 0.458 e.